The van der Waals surface area contributed by atoms with Gasteiger partial charge in [0.1, 0.15) is 0 Å². The summed E-state index contributed by atoms with van der Waals surface area (Å²) in [6.45, 7) is 8.12. The van der Waals surface area contributed by atoms with Gasteiger partial charge in [0, 0.05) is 18.1 Å². The topological polar surface area (TPSA) is 41.1 Å². The third-order valence-electron chi connectivity index (χ3n) is 2.95. The highest BCUT2D eigenvalue weighted by Gasteiger charge is 2.31. The lowest BCUT2D eigenvalue weighted by atomic mass is 9.83. The first-order valence-electron chi connectivity index (χ1n) is 6.24. The normalized spacial score (nSPS) is 11.3. The van der Waals surface area contributed by atoms with Gasteiger partial charge in [0.15, 0.2) is 0 Å². The van der Waals surface area contributed by atoms with Crippen LogP contribution in [-0.2, 0) is 10.2 Å². The molecule has 18 heavy (non-hydrogen) atoms. The molecule has 0 aliphatic rings. The first-order valence-corrected chi connectivity index (χ1v) is 6.62. The van der Waals surface area contributed by atoms with E-state index in [0.717, 1.165) is 18.7 Å². The maximum absolute atomic E-state index is 12.2. The molecule has 0 saturated carbocycles. The van der Waals surface area contributed by atoms with Crippen LogP contribution in [0.1, 0.15) is 26.3 Å². The molecule has 0 atom stereocenters. The van der Waals surface area contributed by atoms with Crippen LogP contribution in [0.5, 0.6) is 0 Å². The number of carbonyl (C=O) groups is 1. The average molecular weight is 269 g/mol. The Hall–Kier alpha value is -1.06. The summed E-state index contributed by atoms with van der Waals surface area (Å²) >= 11 is 6.14. The number of benzene rings is 1. The second-order valence-corrected chi connectivity index (χ2v) is 5.12. The Labute approximate surface area is 114 Å². The van der Waals surface area contributed by atoms with Crippen LogP contribution in [0.4, 0.5) is 0 Å². The maximum atomic E-state index is 12.2. The molecule has 0 saturated heterocycles. The van der Waals surface area contributed by atoms with E-state index in [0.29, 0.717) is 11.6 Å². The maximum Gasteiger partial charge on any atom is 0.230 e. The van der Waals surface area contributed by atoms with Gasteiger partial charge in [0.2, 0.25) is 5.91 Å². The Morgan fingerprint density at radius 3 is 2.56 bits per heavy atom. The summed E-state index contributed by atoms with van der Waals surface area (Å²) in [5.74, 6) is -0.00602. The Morgan fingerprint density at radius 1 is 1.28 bits per heavy atom. The van der Waals surface area contributed by atoms with Crippen molar-refractivity contribution in [3.8, 4) is 0 Å². The fourth-order valence-corrected chi connectivity index (χ4v) is 2.12. The van der Waals surface area contributed by atoms with E-state index in [2.05, 4.69) is 10.6 Å². The first kappa shape index (κ1) is 15.0. The van der Waals surface area contributed by atoms with Gasteiger partial charge in [-0.3, -0.25) is 4.79 Å². The lowest BCUT2D eigenvalue weighted by Crippen LogP contribution is -2.42. The van der Waals surface area contributed by atoms with E-state index in [1.165, 1.54) is 0 Å². The molecule has 0 heterocycles. The zero-order valence-electron chi connectivity index (χ0n) is 11.2. The van der Waals surface area contributed by atoms with E-state index in [1.54, 1.807) is 0 Å². The number of rotatable bonds is 6. The van der Waals surface area contributed by atoms with Crippen LogP contribution in [0.3, 0.4) is 0 Å². The Balaban J connectivity index is 2.68. The number of hydrogen-bond donors (Lipinski definition) is 2. The van der Waals surface area contributed by atoms with Crippen LogP contribution in [-0.4, -0.2) is 25.5 Å². The third-order valence-corrected chi connectivity index (χ3v) is 3.28. The quantitative estimate of drug-likeness (QED) is 0.778. The molecule has 0 aliphatic carbocycles. The van der Waals surface area contributed by atoms with Crippen LogP contribution in [0.2, 0.25) is 5.02 Å². The highest BCUT2D eigenvalue weighted by molar-refractivity contribution is 6.31. The van der Waals surface area contributed by atoms with E-state index in [1.807, 2.05) is 45.0 Å². The summed E-state index contributed by atoms with van der Waals surface area (Å²) in [7, 11) is 0. The molecular formula is C14H21ClN2O. The summed E-state index contributed by atoms with van der Waals surface area (Å²) < 4.78 is 0. The van der Waals surface area contributed by atoms with Gasteiger partial charge < -0.3 is 10.6 Å². The fourth-order valence-electron chi connectivity index (χ4n) is 1.75. The van der Waals surface area contributed by atoms with Gasteiger partial charge in [-0.05, 0) is 32.0 Å². The van der Waals surface area contributed by atoms with Crippen LogP contribution in [0.25, 0.3) is 0 Å². The molecule has 3 nitrogen and oxygen atoms in total. The molecule has 0 aromatic heterocycles. The van der Waals surface area contributed by atoms with Crippen molar-refractivity contribution in [3.63, 3.8) is 0 Å². The Kier molecular flexibility index (Phi) is 5.63. The van der Waals surface area contributed by atoms with Crippen molar-refractivity contribution in [2.45, 2.75) is 26.2 Å². The second-order valence-electron chi connectivity index (χ2n) is 4.71. The van der Waals surface area contributed by atoms with Crippen molar-refractivity contribution in [3.05, 3.63) is 34.9 Å². The number of likely N-dealkylation sites (N-methyl/N-ethyl adjacent to an activating group) is 1. The highest BCUT2D eigenvalue weighted by atomic mass is 35.5. The summed E-state index contributed by atoms with van der Waals surface area (Å²) in [4.78, 5) is 12.2. The summed E-state index contributed by atoms with van der Waals surface area (Å²) in [5, 5.41) is 6.72. The van der Waals surface area contributed by atoms with Crippen LogP contribution in [0.15, 0.2) is 24.3 Å². The monoisotopic (exact) mass is 268 g/mol. The van der Waals surface area contributed by atoms with Gasteiger partial charge in [-0.2, -0.15) is 0 Å². The molecular weight excluding hydrogens is 248 g/mol. The van der Waals surface area contributed by atoms with Crippen molar-refractivity contribution in [2.75, 3.05) is 19.6 Å². The van der Waals surface area contributed by atoms with Crippen LogP contribution < -0.4 is 10.6 Å². The van der Waals surface area contributed by atoms with Gasteiger partial charge in [0.05, 0.1) is 5.41 Å². The van der Waals surface area contributed by atoms with Gasteiger partial charge in [-0.1, -0.05) is 36.7 Å². The minimum atomic E-state index is -0.620. The fraction of sp³-hybridized carbons (Fsp3) is 0.500. The van der Waals surface area contributed by atoms with Gasteiger partial charge >= 0.3 is 0 Å². The van der Waals surface area contributed by atoms with E-state index >= 15 is 0 Å². The van der Waals surface area contributed by atoms with E-state index < -0.39 is 5.41 Å². The van der Waals surface area contributed by atoms with Crippen LogP contribution >= 0.6 is 11.6 Å². The molecule has 0 fully saturated rings. The lowest BCUT2D eigenvalue weighted by Gasteiger charge is -2.25. The van der Waals surface area contributed by atoms with Gasteiger partial charge in [-0.25, -0.2) is 0 Å². The van der Waals surface area contributed by atoms with Crippen molar-refractivity contribution in [1.29, 1.82) is 0 Å². The van der Waals surface area contributed by atoms with Gasteiger partial charge in [0.25, 0.3) is 0 Å². The highest BCUT2D eigenvalue weighted by Crippen LogP contribution is 2.29. The molecule has 0 aliphatic heterocycles. The van der Waals surface area contributed by atoms with Crippen molar-refractivity contribution >= 4 is 17.5 Å². The second kappa shape index (κ2) is 6.76. The molecule has 0 radical (unpaired) electrons. The number of amides is 1. The first-order chi connectivity index (χ1) is 8.50. The largest absolute Gasteiger partial charge is 0.354 e. The van der Waals surface area contributed by atoms with E-state index in [9.17, 15) is 4.79 Å². The molecule has 100 valence electrons. The molecule has 1 aromatic carbocycles. The standard InChI is InChI=1S/C14H21ClN2O/c1-4-16-9-10-17-13(18)14(2,3)11-7-5-6-8-12(11)15/h5-8,16H,4,9-10H2,1-3H3,(H,17,18). The van der Waals surface area contributed by atoms with E-state index in [4.69, 9.17) is 11.6 Å². The molecule has 0 bridgehead atoms. The summed E-state index contributed by atoms with van der Waals surface area (Å²) in [6.07, 6.45) is 0. The predicted molar refractivity (Wildman–Crippen MR) is 76.0 cm³/mol. The summed E-state index contributed by atoms with van der Waals surface area (Å²) in [6, 6.07) is 7.47. The minimum Gasteiger partial charge on any atom is -0.354 e. The number of hydrogen-bond acceptors (Lipinski definition) is 2. The smallest absolute Gasteiger partial charge is 0.230 e. The van der Waals surface area contributed by atoms with Crippen molar-refractivity contribution in [2.24, 2.45) is 0 Å². The molecule has 1 aromatic rings. The molecule has 2 N–H and O–H groups in total. The van der Waals surface area contributed by atoms with Crippen molar-refractivity contribution < 1.29 is 4.79 Å². The zero-order valence-corrected chi connectivity index (χ0v) is 12.0. The lowest BCUT2D eigenvalue weighted by molar-refractivity contribution is -0.125. The summed E-state index contributed by atoms with van der Waals surface area (Å²) in [5.41, 5.74) is 0.234. The minimum absolute atomic E-state index is 0.00602. The number of nitrogens with one attached hydrogen (secondary N) is 2. The van der Waals surface area contributed by atoms with E-state index in [-0.39, 0.29) is 5.91 Å². The molecule has 0 spiro atoms. The molecule has 0 unspecified atom stereocenters. The Bertz CT molecular complexity index is 405. The molecule has 1 rings (SSSR count). The Morgan fingerprint density at radius 2 is 1.94 bits per heavy atom. The third kappa shape index (κ3) is 3.72. The molecule has 1 amide bonds. The predicted octanol–water partition coefficient (Wildman–Crippen LogP) is 2.34. The van der Waals surface area contributed by atoms with Gasteiger partial charge in [-0.15, -0.1) is 0 Å². The molecule has 4 heteroatoms. The van der Waals surface area contributed by atoms with Crippen LogP contribution in [0, 0.1) is 0 Å². The number of carbonyl (C=O) groups excluding carboxylic acids is 1. The SMILES string of the molecule is CCNCCNC(=O)C(C)(C)c1ccccc1Cl. The van der Waals surface area contributed by atoms with Crippen molar-refractivity contribution in [1.82, 2.24) is 10.6 Å². The average Bonchev–Trinajstić information content (AvgIpc) is 2.34. The zero-order chi connectivity index (χ0) is 13.6. The number of halogens is 1.